The molecule has 10 nitrogen and oxygen atoms in total. The van der Waals surface area contributed by atoms with E-state index in [9.17, 15) is 13.2 Å². The third kappa shape index (κ3) is 6.22. The summed E-state index contributed by atoms with van der Waals surface area (Å²) in [5.74, 6) is -0.242. The molecular weight excluding hydrogens is 547 g/mol. The van der Waals surface area contributed by atoms with E-state index in [1.807, 2.05) is 0 Å². The normalized spacial score (nSPS) is 17.9. The molecule has 1 saturated carbocycles. The van der Waals surface area contributed by atoms with Crippen LogP contribution in [0.5, 0.6) is 11.5 Å². The van der Waals surface area contributed by atoms with Crippen LogP contribution in [0, 0.1) is 11.7 Å². The van der Waals surface area contributed by atoms with Crippen molar-refractivity contribution in [2.45, 2.75) is 44.6 Å². The zero-order valence-corrected chi connectivity index (χ0v) is 23.4. The van der Waals surface area contributed by atoms with Crippen LogP contribution < -0.4 is 15.2 Å². The topological polar surface area (TPSA) is 142 Å². The third-order valence-corrected chi connectivity index (χ3v) is 7.81. The second kappa shape index (κ2) is 11.7. The Kier molecular flexibility index (Phi) is 8.02. The summed E-state index contributed by atoms with van der Waals surface area (Å²) in [6.07, 6.45) is 8.85. The van der Waals surface area contributed by atoms with Crippen LogP contribution in [0.15, 0.2) is 61.4 Å². The molecule has 0 bridgehead atoms. The third-order valence-electron chi connectivity index (χ3n) is 7.22. The molecule has 12 heteroatoms. The largest absolute Gasteiger partial charge is 0.455 e. The lowest BCUT2D eigenvalue weighted by molar-refractivity contribution is -0.119. The Balaban J connectivity index is 1.52. The Bertz CT molecular complexity index is 1720. The van der Waals surface area contributed by atoms with Gasteiger partial charge in [-0.1, -0.05) is 38.0 Å². The van der Waals surface area contributed by atoms with Crippen LogP contribution in [-0.4, -0.2) is 40.2 Å². The molecular formula is C29H31FN6O4S. The number of carbonyl (C=O) groups is 1. The van der Waals surface area contributed by atoms with Crippen LogP contribution in [0.1, 0.15) is 44.6 Å². The van der Waals surface area contributed by atoms with Crippen LogP contribution in [0.25, 0.3) is 22.3 Å². The number of ether oxygens (including phenoxy) is 1. The first kappa shape index (κ1) is 28.2. The molecule has 214 valence electrons. The molecule has 3 N–H and O–H groups in total. The van der Waals surface area contributed by atoms with Gasteiger partial charge in [0.25, 0.3) is 0 Å². The Morgan fingerprint density at radius 2 is 1.95 bits per heavy atom. The maximum absolute atomic E-state index is 15.7. The highest BCUT2D eigenvalue weighted by molar-refractivity contribution is 7.92. The molecule has 2 heterocycles. The van der Waals surface area contributed by atoms with Gasteiger partial charge in [0.15, 0.2) is 17.2 Å². The highest BCUT2D eigenvalue weighted by atomic mass is 32.2. The van der Waals surface area contributed by atoms with Crippen molar-refractivity contribution < 1.29 is 22.3 Å². The highest BCUT2D eigenvalue weighted by Crippen LogP contribution is 2.39. The summed E-state index contributed by atoms with van der Waals surface area (Å²) in [5, 5.41) is 5.23. The zero-order chi connectivity index (χ0) is 29.1. The average Bonchev–Trinajstić information content (AvgIpc) is 3.29. The number of ketones is 1. The fourth-order valence-electron chi connectivity index (χ4n) is 5.32. The number of hydrogen-bond acceptors (Lipinski definition) is 8. The van der Waals surface area contributed by atoms with Crippen LogP contribution in [0.3, 0.4) is 0 Å². The van der Waals surface area contributed by atoms with E-state index >= 15 is 4.39 Å². The summed E-state index contributed by atoms with van der Waals surface area (Å²) in [6, 6.07) is 10.6. The van der Waals surface area contributed by atoms with E-state index in [2.05, 4.69) is 21.3 Å². The number of benzene rings is 2. The van der Waals surface area contributed by atoms with E-state index in [4.69, 9.17) is 15.6 Å². The number of rotatable bonds is 8. The number of allylic oxidation sites excluding steroid dienone is 1. The van der Waals surface area contributed by atoms with E-state index in [1.165, 1.54) is 24.5 Å². The first-order valence-electron chi connectivity index (χ1n) is 13.3. The maximum atomic E-state index is 15.7. The molecule has 41 heavy (non-hydrogen) atoms. The van der Waals surface area contributed by atoms with Crippen LogP contribution >= 0.6 is 0 Å². The molecule has 0 radical (unpaired) electrons. The van der Waals surface area contributed by atoms with Crippen molar-refractivity contribution in [3.8, 4) is 22.8 Å². The molecule has 4 aromatic rings. The monoisotopic (exact) mass is 578 g/mol. The molecule has 1 aliphatic rings. The van der Waals surface area contributed by atoms with Crippen LogP contribution in [0.4, 0.5) is 15.9 Å². The van der Waals surface area contributed by atoms with Gasteiger partial charge in [-0.25, -0.2) is 27.5 Å². The van der Waals surface area contributed by atoms with E-state index in [0.717, 1.165) is 38.4 Å². The van der Waals surface area contributed by atoms with Gasteiger partial charge in [0.05, 0.1) is 23.4 Å². The number of hydrogen-bond donors (Lipinski definition) is 2. The number of sulfonamides is 1. The minimum absolute atomic E-state index is 0.0117. The second-order valence-corrected chi connectivity index (χ2v) is 11.9. The summed E-state index contributed by atoms with van der Waals surface area (Å²) >= 11 is 0. The Morgan fingerprint density at radius 1 is 1.17 bits per heavy atom. The summed E-state index contributed by atoms with van der Waals surface area (Å²) in [6.45, 7) is 3.67. The van der Waals surface area contributed by atoms with E-state index < -0.39 is 15.8 Å². The average molecular weight is 579 g/mol. The Morgan fingerprint density at radius 3 is 2.71 bits per heavy atom. The van der Waals surface area contributed by atoms with Gasteiger partial charge in [0.1, 0.15) is 29.4 Å². The van der Waals surface area contributed by atoms with E-state index in [0.29, 0.717) is 17.5 Å². The van der Waals surface area contributed by atoms with Gasteiger partial charge >= 0.3 is 0 Å². The van der Waals surface area contributed by atoms with Crippen molar-refractivity contribution in [3.63, 3.8) is 0 Å². The first-order valence-corrected chi connectivity index (χ1v) is 15.2. The van der Waals surface area contributed by atoms with Crippen molar-refractivity contribution in [1.82, 2.24) is 19.7 Å². The number of fused-ring (bicyclic) bond motifs is 1. The molecule has 1 aliphatic carbocycles. The maximum Gasteiger partial charge on any atom is 0.229 e. The van der Waals surface area contributed by atoms with Crippen molar-refractivity contribution in [3.05, 3.63) is 67.3 Å². The number of para-hydroxylation sites is 2. The number of aromatic nitrogens is 4. The minimum atomic E-state index is -3.55. The van der Waals surface area contributed by atoms with Crippen LogP contribution in [-0.2, 0) is 14.8 Å². The van der Waals surface area contributed by atoms with Crippen molar-refractivity contribution in [2.24, 2.45) is 5.92 Å². The summed E-state index contributed by atoms with van der Waals surface area (Å²) < 4.78 is 49.1. The molecule has 2 aromatic heterocycles. The zero-order valence-electron chi connectivity index (χ0n) is 22.6. The molecule has 2 atom stereocenters. The fraction of sp³-hybridized carbons (Fsp3) is 0.310. The molecule has 5 rings (SSSR count). The summed E-state index contributed by atoms with van der Waals surface area (Å²) in [4.78, 5) is 21.1. The van der Waals surface area contributed by atoms with Gasteiger partial charge in [0, 0.05) is 17.5 Å². The molecule has 0 amide bonds. The number of nitrogens with zero attached hydrogens (tertiary/aromatic N) is 4. The highest BCUT2D eigenvalue weighted by Gasteiger charge is 2.28. The molecule has 0 saturated heterocycles. The SMILES string of the molecule is C=CC(=O)C1CCCCCC(n2nc(-c3ccc(Oc4ccccc4NS(C)(=O)=O)cc3F)c3c(N)ncnc32)C1. The molecule has 2 aromatic carbocycles. The van der Waals surface area contributed by atoms with Crippen molar-refractivity contribution >= 4 is 38.3 Å². The summed E-state index contributed by atoms with van der Waals surface area (Å²) in [7, 11) is -3.55. The summed E-state index contributed by atoms with van der Waals surface area (Å²) in [5.41, 5.74) is 7.43. The predicted molar refractivity (Wildman–Crippen MR) is 156 cm³/mol. The second-order valence-electron chi connectivity index (χ2n) is 10.2. The quantitative estimate of drug-likeness (QED) is 0.256. The van der Waals surface area contributed by atoms with E-state index in [1.54, 1.807) is 35.0 Å². The number of halogens is 1. The minimum Gasteiger partial charge on any atom is -0.455 e. The fourth-order valence-corrected chi connectivity index (χ4v) is 5.88. The molecule has 1 fully saturated rings. The lowest BCUT2D eigenvalue weighted by Gasteiger charge is -2.25. The number of nitrogens with two attached hydrogens (primary N) is 1. The number of anilines is 2. The number of nitrogens with one attached hydrogen (secondary N) is 1. The Labute approximate surface area is 237 Å². The first-order chi connectivity index (χ1) is 19.6. The van der Waals surface area contributed by atoms with Crippen molar-refractivity contribution in [1.29, 1.82) is 0 Å². The van der Waals surface area contributed by atoms with Gasteiger partial charge in [-0.05, 0) is 49.6 Å². The lowest BCUT2D eigenvalue weighted by atomic mass is 9.85. The van der Waals surface area contributed by atoms with Gasteiger partial charge in [-0.2, -0.15) is 5.10 Å². The van der Waals surface area contributed by atoms with Gasteiger partial charge in [0.2, 0.25) is 10.0 Å². The predicted octanol–water partition coefficient (Wildman–Crippen LogP) is 5.65. The van der Waals surface area contributed by atoms with Gasteiger partial charge < -0.3 is 10.5 Å². The van der Waals surface area contributed by atoms with Crippen LogP contribution in [0.2, 0.25) is 0 Å². The van der Waals surface area contributed by atoms with Crippen molar-refractivity contribution in [2.75, 3.05) is 16.7 Å². The number of nitrogen functional groups attached to an aromatic ring is 1. The van der Waals surface area contributed by atoms with Gasteiger partial charge in [-0.3, -0.25) is 9.52 Å². The van der Waals surface area contributed by atoms with E-state index in [-0.39, 0.29) is 52.0 Å². The molecule has 0 spiro atoms. The molecule has 2 unspecified atom stereocenters. The lowest BCUT2D eigenvalue weighted by Crippen LogP contribution is -2.22. The van der Waals surface area contributed by atoms with Gasteiger partial charge in [-0.15, -0.1) is 0 Å². The molecule has 0 aliphatic heterocycles. The standard InChI is InChI=1S/C29H31FN6O4S/c1-3-24(37)18-9-5-4-6-10-19(15-18)36-29-26(28(31)32-17-33-29)27(34-36)21-14-13-20(16-22(21)30)40-25-12-8-7-11-23(25)35-41(2,38)39/h3,7-8,11-14,16-19,35H,1,4-6,9-10,15H2,2H3,(H2,31,32,33). The Hall–Kier alpha value is -4.32. The number of carbonyl (C=O) groups excluding carboxylic acids is 1. The smallest absolute Gasteiger partial charge is 0.229 e.